The molecule has 1 fully saturated rings. The van der Waals surface area contributed by atoms with Crippen molar-refractivity contribution < 1.29 is 44.7 Å². The first-order chi connectivity index (χ1) is 18.2. The fourth-order valence-electron chi connectivity index (χ4n) is 3.81. The number of carbonyl (C=O) groups is 1. The molecule has 0 aliphatic carbocycles. The molecule has 0 bridgehead atoms. The van der Waals surface area contributed by atoms with Gasteiger partial charge in [-0.15, -0.1) is 0 Å². The van der Waals surface area contributed by atoms with Crippen molar-refractivity contribution in [3.63, 3.8) is 0 Å². The highest BCUT2D eigenvalue weighted by Gasteiger charge is 2.41. The summed E-state index contributed by atoms with van der Waals surface area (Å²) in [7, 11) is 1.12. The number of nitrogens with two attached hydrogens (primary N) is 1. The van der Waals surface area contributed by atoms with Gasteiger partial charge in [-0.3, -0.25) is 14.8 Å². The molecule has 2 aromatic rings. The summed E-state index contributed by atoms with van der Waals surface area (Å²) in [5.41, 5.74) is 0.893. The van der Waals surface area contributed by atoms with Crippen LogP contribution in [0.4, 0.5) is 45.6 Å². The predicted molar refractivity (Wildman–Crippen MR) is 129 cm³/mol. The number of benzene rings is 2. The lowest BCUT2D eigenvalue weighted by atomic mass is 9.98. The van der Waals surface area contributed by atoms with Crippen LogP contribution in [-0.2, 0) is 12.4 Å². The first kappa shape index (κ1) is 29.9. The molecule has 1 saturated heterocycles. The van der Waals surface area contributed by atoms with E-state index in [2.05, 4.69) is 4.99 Å². The average Bonchev–Trinajstić information content (AvgIpc) is 3.27. The van der Waals surface area contributed by atoms with E-state index >= 15 is 0 Å². The normalized spacial score (nSPS) is 17.2. The van der Waals surface area contributed by atoms with Gasteiger partial charge in [0.15, 0.2) is 5.75 Å². The second-order valence-corrected chi connectivity index (χ2v) is 8.64. The van der Waals surface area contributed by atoms with E-state index in [1.54, 1.807) is 4.90 Å². The van der Waals surface area contributed by atoms with Crippen LogP contribution in [0.25, 0.3) is 5.57 Å². The van der Waals surface area contributed by atoms with Gasteiger partial charge in [0, 0.05) is 55.9 Å². The first-order valence-corrected chi connectivity index (χ1v) is 11.5. The van der Waals surface area contributed by atoms with Crippen molar-refractivity contribution in [1.29, 1.82) is 0 Å². The number of allylic oxidation sites excluding steroid dienone is 1. The van der Waals surface area contributed by atoms with Gasteiger partial charge < -0.3 is 10.5 Å². The number of halogens is 8. The molecule has 0 radical (unpaired) electrons. The summed E-state index contributed by atoms with van der Waals surface area (Å²) in [5.74, 6) is -1.87. The zero-order chi connectivity index (χ0) is 29.0. The van der Waals surface area contributed by atoms with E-state index in [1.165, 1.54) is 0 Å². The Morgan fingerprint density at radius 2 is 1.82 bits per heavy atom. The number of hydrogen-bond donors (Lipinski definition) is 1. The fraction of sp³-hybridized carbons (Fsp3) is 0.360. The number of hydrogen-bond acceptors (Lipinski definition) is 5. The van der Waals surface area contributed by atoms with Crippen LogP contribution in [0.15, 0.2) is 47.6 Å². The van der Waals surface area contributed by atoms with E-state index in [-0.39, 0.29) is 30.4 Å². The molecule has 1 heterocycles. The maximum absolute atomic E-state index is 14.0. The van der Waals surface area contributed by atoms with E-state index in [1.807, 2.05) is 0 Å². The highest BCUT2D eigenvalue weighted by atomic mass is 19.4. The zero-order valence-corrected chi connectivity index (χ0v) is 20.5. The Labute approximate surface area is 218 Å². The van der Waals surface area contributed by atoms with E-state index in [0.717, 1.165) is 48.6 Å². The van der Waals surface area contributed by atoms with Crippen LogP contribution < -0.4 is 15.4 Å². The van der Waals surface area contributed by atoms with Gasteiger partial charge in [-0.1, -0.05) is 0 Å². The molecule has 2 N–H and O–H groups in total. The van der Waals surface area contributed by atoms with Gasteiger partial charge in [0.1, 0.15) is 12.0 Å². The molecule has 14 heteroatoms. The molecule has 1 aliphatic heterocycles. The lowest BCUT2D eigenvalue weighted by Gasteiger charge is -2.22. The molecule has 0 saturated carbocycles. The molecule has 0 aromatic heterocycles. The lowest BCUT2D eigenvalue weighted by molar-refractivity contribution is -0.143. The van der Waals surface area contributed by atoms with Crippen molar-refractivity contribution in [1.82, 2.24) is 4.90 Å². The van der Waals surface area contributed by atoms with Crippen molar-refractivity contribution in [3.05, 3.63) is 65.1 Å². The van der Waals surface area contributed by atoms with Gasteiger partial charge in [-0.05, 0) is 42.8 Å². The van der Waals surface area contributed by atoms with Crippen LogP contribution in [-0.4, -0.2) is 56.6 Å². The zero-order valence-electron chi connectivity index (χ0n) is 20.5. The SMILES string of the molecule is CN(C(=O)Oc1c(/C(C=NCCN2CCC(F)C2)=C/N)cc(C(F)(F)F)cc1C(F)(F)F)c1ccc(F)cc1. The molecule has 39 heavy (non-hydrogen) atoms. The molecule has 6 nitrogen and oxygen atoms in total. The van der Waals surface area contributed by atoms with E-state index in [0.29, 0.717) is 25.6 Å². The summed E-state index contributed by atoms with van der Waals surface area (Å²) in [6.45, 7) is 1.03. The molecule has 2 aromatic carbocycles. The van der Waals surface area contributed by atoms with Gasteiger partial charge in [0.25, 0.3) is 0 Å². The molecular weight excluding hydrogens is 540 g/mol. The molecule has 0 spiro atoms. The highest BCUT2D eigenvalue weighted by molar-refractivity contribution is 6.11. The molecule has 1 unspecified atom stereocenters. The Bertz CT molecular complexity index is 1230. The maximum Gasteiger partial charge on any atom is 0.420 e. The van der Waals surface area contributed by atoms with Crippen LogP contribution in [0.1, 0.15) is 23.1 Å². The third kappa shape index (κ3) is 7.68. The summed E-state index contributed by atoms with van der Waals surface area (Å²) < 4.78 is 114. The van der Waals surface area contributed by atoms with Gasteiger partial charge in [0.2, 0.25) is 0 Å². The lowest BCUT2D eigenvalue weighted by Crippen LogP contribution is -2.30. The third-order valence-corrected chi connectivity index (χ3v) is 5.88. The fourth-order valence-corrected chi connectivity index (χ4v) is 3.81. The summed E-state index contributed by atoms with van der Waals surface area (Å²) in [5, 5.41) is 0. The van der Waals surface area contributed by atoms with Gasteiger partial charge in [-0.25, -0.2) is 13.6 Å². The minimum absolute atomic E-state index is 0.0389. The van der Waals surface area contributed by atoms with Crippen molar-refractivity contribution in [3.8, 4) is 5.75 Å². The number of anilines is 1. The van der Waals surface area contributed by atoms with Crippen LogP contribution in [0.2, 0.25) is 0 Å². The summed E-state index contributed by atoms with van der Waals surface area (Å²) in [4.78, 5) is 19.3. The minimum Gasteiger partial charge on any atom is -0.409 e. The molecule has 212 valence electrons. The Hall–Kier alpha value is -3.68. The highest BCUT2D eigenvalue weighted by Crippen LogP contribution is 2.44. The number of carbonyl (C=O) groups excluding carboxylic acids is 1. The van der Waals surface area contributed by atoms with Crippen LogP contribution in [0, 0.1) is 5.82 Å². The second-order valence-electron chi connectivity index (χ2n) is 8.64. The van der Waals surface area contributed by atoms with E-state index < -0.39 is 52.9 Å². The Morgan fingerprint density at radius 3 is 2.36 bits per heavy atom. The Kier molecular flexibility index (Phi) is 9.20. The topological polar surface area (TPSA) is 71.2 Å². The number of nitrogens with zero attached hydrogens (tertiary/aromatic N) is 3. The van der Waals surface area contributed by atoms with Gasteiger partial charge in [0.05, 0.1) is 17.7 Å². The van der Waals surface area contributed by atoms with Crippen molar-refractivity contribution >= 4 is 23.6 Å². The van der Waals surface area contributed by atoms with E-state index in [9.17, 15) is 39.9 Å². The number of rotatable bonds is 7. The first-order valence-electron chi connectivity index (χ1n) is 11.5. The van der Waals surface area contributed by atoms with Crippen molar-refractivity contribution in [2.75, 3.05) is 38.1 Å². The van der Waals surface area contributed by atoms with Crippen LogP contribution in [0.3, 0.4) is 0 Å². The number of ether oxygens (including phenoxy) is 1. The smallest absolute Gasteiger partial charge is 0.409 e. The number of likely N-dealkylation sites (tertiary alicyclic amines) is 1. The van der Waals surface area contributed by atoms with Crippen LogP contribution >= 0.6 is 0 Å². The summed E-state index contributed by atoms with van der Waals surface area (Å²) in [6.07, 6.45) is -10.9. The number of amides is 1. The summed E-state index contributed by atoms with van der Waals surface area (Å²) >= 11 is 0. The van der Waals surface area contributed by atoms with Gasteiger partial charge in [-0.2, -0.15) is 26.3 Å². The molecule has 1 atom stereocenters. The quantitative estimate of drug-likeness (QED) is 0.335. The van der Waals surface area contributed by atoms with Gasteiger partial charge >= 0.3 is 18.4 Å². The minimum atomic E-state index is -5.37. The maximum atomic E-state index is 14.0. The second kappa shape index (κ2) is 12.0. The predicted octanol–water partition coefficient (Wildman–Crippen LogP) is 5.91. The van der Waals surface area contributed by atoms with E-state index in [4.69, 9.17) is 10.5 Å². The number of alkyl halides is 7. The largest absolute Gasteiger partial charge is 0.420 e. The monoisotopic (exact) mass is 564 g/mol. The van der Waals surface area contributed by atoms with Crippen molar-refractivity contribution in [2.45, 2.75) is 24.9 Å². The molecular formula is C25H24F8N4O2. The van der Waals surface area contributed by atoms with Crippen molar-refractivity contribution in [2.24, 2.45) is 10.7 Å². The third-order valence-electron chi connectivity index (χ3n) is 5.88. The Balaban J connectivity index is 2.01. The molecule has 1 aliphatic rings. The number of aliphatic imine (C=N–C) groups is 1. The molecule has 3 rings (SSSR count). The molecule has 1 amide bonds. The van der Waals surface area contributed by atoms with Crippen LogP contribution in [0.5, 0.6) is 5.75 Å². The standard InChI is InChI=1S/C25H24F8N4O2/c1-36(19-4-2-17(26)3-5-19)23(38)39-22-20(10-16(24(28,29)30)11-21(22)25(31,32)33)15(12-34)13-35-7-9-37-8-6-18(27)14-37/h2-5,10-13,18H,6-9,14,34H2,1H3/b15-12+,35-13?. The average molecular weight is 564 g/mol. The Morgan fingerprint density at radius 1 is 1.15 bits per heavy atom. The summed E-state index contributed by atoms with van der Waals surface area (Å²) in [6, 6.07) is 4.48.